The number of nitrogens with zero attached hydrogens (tertiary/aromatic N) is 3. The Kier molecular flexibility index (Phi) is 5.59. The fourth-order valence-corrected chi connectivity index (χ4v) is 4.40. The van der Waals surface area contributed by atoms with Crippen molar-refractivity contribution < 1.29 is 27.1 Å². The molecule has 3 rings (SSSR count). The minimum atomic E-state index is -4.33. The van der Waals surface area contributed by atoms with E-state index in [9.17, 15) is 17.6 Å². The van der Waals surface area contributed by atoms with Crippen LogP contribution in [0.5, 0.6) is 0 Å². The largest absolute Gasteiger partial charge is 0.465 e. The molecule has 8 nitrogen and oxygen atoms in total. The van der Waals surface area contributed by atoms with Crippen molar-refractivity contribution in [3.8, 4) is 11.3 Å². The number of nitrogens with one attached hydrogen (secondary N) is 1. The SMILES string of the molecule is Cc1ncccc1S(=O)(=O)n1cc(CCNC(=O)O)c(F)c1-c1cccnc1F. The van der Waals surface area contributed by atoms with E-state index in [2.05, 4.69) is 15.3 Å². The molecule has 0 aliphatic heterocycles. The summed E-state index contributed by atoms with van der Waals surface area (Å²) in [6.45, 7) is 1.33. The lowest BCUT2D eigenvalue weighted by Gasteiger charge is -2.12. The normalized spacial score (nSPS) is 11.4. The maximum Gasteiger partial charge on any atom is 0.404 e. The molecule has 0 bridgehead atoms. The smallest absolute Gasteiger partial charge is 0.404 e. The van der Waals surface area contributed by atoms with Crippen LogP contribution in [0.25, 0.3) is 11.3 Å². The van der Waals surface area contributed by atoms with Crippen LogP contribution >= 0.6 is 0 Å². The summed E-state index contributed by atoms with van der Waals surface area (Å²) in [7, 11) is -4.33. The Balaban J connectivity index is 2.21. The molecule has 0 unspecified atom stereocenters. The predicted octanol–water partition coefficient (Wildman–Crippen LogP) is 2.58. The van der Waals surface area contributed by atoms with Gasteiger partial charge >= 0.3 is 6.09 Å². The molecule has 0 radical (unpaired) electrons. The zero-order chi connectivity index (χ0) is 21.2. The molecular weight excluding hydrogens is 406 g/mol. The number of aryl methyl sites for hydroxylation is 1. The molecule has 0 fully saturated rings. The maximum absolute atomic E-state index is 15.2. The van der Waals surface area contributed by atoms with Gasteiger partial charge in [-0.1, -0.05) is 0 Å². The molecule has 0 saturated heterocycles. The van der Waals surface area contributed by atoms with Crippen molar-refractivity contribution in [1.82, 2.24) is 19.3 Å². The number of hydrogen-bond donors (Lipinski definition) is 2. The predicted molar refractivity (Wildman–Crippen MR) is 98.9 cm³/mol. The lowest BCUT2D eigenvalue weighted by molar-refractivity contribution is 0.194. The highest BCUT2D eigenvalue weighted by Crippen LogP contribution is 2.32. The lowest BCUT2D eigenvalue weighted by Crippen LogP contribution is -2.23. The maximum atomic E-state index is 15.2. The van der Waals surface area contributed by atoms with Gasteiger partial charge in [-0.3, -0.25) is 4.98 Å². The van der Waals surface area contributed by atoms with Crippen LogP contribution in [-0.4, -0.2) is 40.1 Å². The van der Waals surface area contributed by atoms with Crippen molar-refractivity contribution in [2.75, 3.05) is 6.54 Å². The van der Waals surface area contributed by atoms with Crippen LogP contribution in [0.3, 0.4) is 0 Å². The third kappa shape index (κ3) is 3.94. The molecule has 1 amide bonds. The number of carboxylic acid groups (broad SMARTS) is 1. The summed E-state index contributed by atoms with van der Waals surface area (Å²) in [5.74, 6) is -2.02. The first-order valence-electron chi connectivity index (χ1n) is 8.38. The van der Waals surface area contributed by atoms with Gasteiger partial charge in [-0.15, -0.1) is 0 Å². The topological polar surface area (TPSA) is 114 Å². The summed E-state index contributed by atoms with van der Waals surface area (Å²) >= 11 is 0. The summed E-state index contributed by atoms with van der Waals surface area (Å²) in [5, 5.41) is 10.7. The van der Waals surface area contributed by atoms with Crippen molar-refractivity contribution in [2.45, 2.75) is 18.2 Å². The van der Waals surface area contributed by atoms with Gasteiger partial charge in [0.1, 0.15) is 10.6 Å². The Morgan fingerprint density at radius 1 is 1.21 bits per heavy atom. The molecular formula is C18H16F2N4O4S. The van der Waals surface area contributed by atoms with Crippen LogP contribution < -0.4 is 5.32 Å². The van der Waals surface area contributed by atoms with E-state index < -0.39 is 33.6 Å². The molecule has 0 aromatic carbocycles. The fourth-order valence-electron chi connectivity index (χ4n) is 2.83. The van der Waals surface area contributed by atoms with Crippen LogP contribution in [0.2, 0.25) is 0 Å². The van der Waals surface area contributed by atoms with Crippen LogP contribution in [0.4, 0.5) is 13.6 Å². The molecule has 3 aromatic heterocycles. The molecule has 3 heterocycles. The Labute approximate surface area is 164 Å². The quantitative estimate of drug-likeness (QED) is 0.590. The molecule has 0 atom stereocenters. The first kappa shape index (κ1) is 20.4. The molecule has 11 heteroatoms. The van der Waals surface area contributed by atoms with Crippen LogP contribution in [0.15, 0.2) is 47.8 Å². The second-order valence-corrected chi connectivity index (χ2v) is 7.81. The van der Waals surface area contributed by atoms with Gasteiger partial charge in [-0.2, -0.15) is 4.39 Å². The number of halogens is 2. The van der Waals surface area contributed by atoms with E-state index in [0.717, 1.165) is 12.4 Å². The third-order valence-corrected chi connectivity index (χ3v) is 5.96. The highest BCUT2D eigenvalue weighted by Gasteiger charge is 2.29. The summed E-state index contributed by atoms with van der Waals surface area (Å²) in [6, 6.07) is 5.29. The average Bonchev–Trinajstić information content (AvgIpc) is 2.99. The average molecular weight is 422 g/mol. The fraction of sp³-hybridized carbons (Fsp3) is 0.167. The van der Waals surface area contributed by atoms with E-state index in [1.165, 1.54) is 37.4 Å². The van der Waals surface area contributed by atoms with Crippen molar-refractivity contribution in [3.05, 3.63) is 65.9 Å². The summed E-state index contributed by atoms with van der Waals surface area (Å²) < 4.78 is 56.5. The number of rotatable bonds is 6. The number of pyridine rings is 2. The molecule has 0 aliphatic rings. The zero-order valence-corrected chi connectivity index (χ0v) is 15.9. The van der Waals surface area contributed by atoms with Gasteiger partial charge in [0.2, 0.25) is 5.95 Å². The Morgan fingerprint density at radius 2 is 1.90 bits per heavy atom. The van der Waals surface area contributed by atoms with Gasteiger partial charge in [0.25, 0.3) is 10.0 Å². The van der Waals surface area contributed by atoms with Gasteiger partial charge in [-0.25, -0.2) is 26.6 Å². The molecule has 152 valence electrons. The Bertz CT molecular complexity index is 1180. The molecule has 3 aromatic rings. The van der Waals surface area contributed by atoms with Crippen LogP contribution in [0.1, 0.15) is 11.3 Å². The molecule has 0 aliphatic carbocycles. The second kappa shape index (κ2) is 7.95. The highest BCUT2D eigenvalue weighted by atomic mass is 32.2. The van der Waals surface area contributed by atoms with Crippen LogP contribution in [0, 0.1) is 18.7 Å². The number of amides is 1. The highest BCUT2D eigenvalue weighted by molar-refractivity contribution is 7.90. The van der Waals surface area contributed by atoms with Gasteiger partial charge in [0, 0.05) is 30.7 Å². The van der Waals surface area contributed by atoms with Gasteiger partial charge < -0.3 is 10.4 Å². The number of hydrogen-bond acceptors (Lipinski definition) is 5. The molecule has 29 heavy (non-hydrogen) atoms. The van der Waals surface area contributed by atoms with E-state index in [0.29, 0.717) is 3.97 Å². The first-order valence-corrected chi connectivity index (χ1v) is 9.82. The van der Waals surface area contributed by atoms with Gasteiger partial charge in [0.15, 0.2) is 5.82 Å². The third-order valence-electron chi connectivity index (χ3n) is 4.16. The summed E-state index contributed by atoms with van der Waals surface area (Å²) in [5.41, 5.74) is -0.771. The Morgan fingerprint density at radius 3 is 2.55 bits per heavy atom. The summed E-state index contributed by atoms with van der Waals surface area (Å²) in [4.78, 5) is 17.9. The molecule has 0 spiro atoms. The standard InChI is InChI=1S/C18H16F2N4O4S/c1-11-14(5-3-7-21-11)29(27,28)24-10-12(6-9-23-18(25)26)15(19)16(24)13-4-2-8-22-17(13)20/h2-5,7-8,10,23H,6,9H2,1H3,(H,25,26). The Hall–Kier alpha value is -3.34. The lowest BCUT2D eigenvalue weighted by atomic mass is 10.1. The van der Waals surface area contributed by atoms with Gasteiger partial charge in [-0.05, 0) is 37.6 Å². The summed E-state index contributed by atoms with van der Waals surface area (Å²) in [6.07, 6.45) is 2.14. The van der Waals surface area contributed by atoms with E-state index in [-0.39, 0.29) is 34.7 Å². The van der Waals surface area contributed by atoms with Crippen molar-refractivity contribution in [3.63, 3.8) is 0 Å². The second-order valence-electron chi connectivity index (χ2n) is 6.03. The first-order chi connectivity index (χ1) is 13.7. The molecule has 0 saturated carbocycles. The number of aromatic nitrogens is 3. The minimum Gasteiger partial charge on any atom is -0.465 e. The van der Waals surface area contributed by atoms with Crippen molar-refractivity contribution in [1.29, 1.82) is 0 Å². The monoisotopic (exact) mass is 422 g/mol. The minimum absolute atomic E-state index is 0.0953. The number of carbonyl (C=O) groups is 1. The zero-order valence-electron chi connectivity index (χ0n) is 15.1. The van der Waals surface area contributed by atoms with Crippen molar-refractivity contribution >= 4 is 16.1 Å². The van der Waals surface area contributed by atoms with E-state index in [1.54, 1.807) is 0 Å². The van der Waals surface area contributed by atoms with Gasteiger partial charge in [0.05, 0.1) is 11.3 Å². The van der Waals surface area contributed by atoms with E-state index in [1.807, 2.05) is 0 Å². The van der Waals surface area contributed by atoms with Crippen LogP contribution in [-0.2, 0) is 16.4 Å². The van der Waals surface area contributed by atoms with Crippen molar-refractivity contribution in [2.24, 2.45) is 0 Å². The van der Waals surface area contributed by atoms with E-state index in [4.69, 9.17) is 5.11 Å². The molecule has 2 N–H and O–H groups in total. The van der Waals surface area contributed by atoms with E-state index >= 15 is 4.39 Å².